The van der Waals surface area contributed by atoms with Gasteiger partial charge in [-0.15, -0.1) is 0 Å². The van der Waals surface area contributed by atoms with E-state index in [4.69, 9.17) is 5.11 Å². The van der Waals surface area contributed by atoms with Crippen LogP contribution in [0.3, 0.4) is 0 Å². The van der Waals surface area contributed by atoms with E-state index in [1.54, 1.807) is 4.90 Å². The van der Waals surface area contributed by atoms with E-state index < -0.39 is 17.7 Å². The Kier molecular flexibility index (Phi) is 4.67. The van der Waals surface area contributed by atoms with Crippen LogP contribution in [-0.4, -0.2) is 32.9 Å². The van der Waals surface area contributed by atoms with Crippen LogP contribution in [0.15, 0.2) is 42.6 Å². The number of carboxylic acids is 1. The van der Waals surface area contributed by atoms with Crippen LogP contribution in [0.5, 0.6) is 0 Å². The summed E-state index contributed by atoms with van der Waals surface area (Å²) in [6.07, 6.45) is -1.54. The van der Waals surface area contributed by atoms with Crippen LogP contribution in [0.4, 0.5) is 13.2 Å². The third kappa shape index (κ3) is 4.01. The summed E-state index contributed by atoms with van der Waals surface area (Å²) in [6.45, 7) is 0.159. The normalized spacial score (nSPS) is 14.1. The van der Waals surface area contributed by atoms with E-state index in [0.717, 1.165) is 25.0 Å². The number of carboxylic acid groups (broad SMARTS) is 1. The highest BCUT2D eigenvalue weighted by Gasteiger charge is 2.34. The topological polar surface area (TPSA) is 70.5 Å². The molecule has 0 atom stereocenters. The number of carbonyl (C=O) groups excluding carboxylic acids is 1. The van der Waals surface area contributed by atoms with Gasteiger partial charge in [0.15, 0.2) is 0 Å². The van der Waals surface area contributed by atoms with Gasteiger partial charge < -0.3 is 10.0 Å². The molecule has 2 aromatic rings. The van der Waals surface area contributed by atoms with Gasteiger partial charge in [-0.1, -0.05) is 12.1 Å². The monoisotopic (exact) mass is 364 g/mol. The summed E-state index contributed by atoms with van der Waals surface area (Å²) in [5.74, 6) is -1.60. The Morgan fingerprint density at radius 2 is 1.81 bits per heavy atom. The fourth-order valence-electron chi connectivity index (χ4n) is 2.60. The lowest BCUT2D eigenvalue weighted by atomic mass is 10.1. The van der Waals surface area contributed by atoms with Crippen molar-refractivity contribution in [1.82, 2.24) is 9.88 Å². The lowest BCUT2D eigenvalue weighted by Crippen LogP contribution is -2.32. The van der Waals surface area contributed by atoms with E-state index in [9.17, 15) is 22.8 Å². The summed E-state index contributed by atoms with van der Waals surface area (Å²) < 4.78 is 38.0. The Morgan fingerprint density at radius 1 is 1.15 bits per heavy atom. The molecule has 0 unspecified atom stereocenters. The second-order valence-corrected chi connectivity index (χ2v) is 6.09. The number of aromatic carboxylic acids is 1. The van der Waals surface area contributed by atoms with E-state index in [-0.39, 0.29) is 29.8 Å². The van der Waals surface area contributed by atoms with Gasteiger partial charge in [0.05, 0.1) is 5.56 Å². The van der Waals surface area contributed by atoms with Gasteiger partial charge in [0, 0.05) is 24.3 Å². The first-order valence-electron chi connectivity index (χ1n) is 7.92. The maximum atomic E-state index is 12.8. The highest BCUT2D eigenvalue weighted by Crippen LogP contribution is 2.32. The fourth-order valence-corrected chi connectivity index (χ4v) is 2.60. The first kappa shape index (κ1) is 17.9. The number of pyridine rings is 1. The molecule has 0 bridgehead atoms. The van der Waals surface area contributed by atoms with Crippen molar-refractivity contribution in [3.05, 3.63) is 65.0 Å². The highest BCUT2D eigenvalue weighted by molar-refractivity contribution is 5.97. The van der Waals surface area contributed by atoms with Gasteiger partial charge in [0.1, 0.15) is 5.69 Å². The van der Waals surface area contributed by atoms with Gasteiger partial charge in [-0.25, -0.2) is 9.78 Å². The molecule has 1 N–H and O–H groups in total. The minimum absolute atomic E-state index is 0.00577. The van der Waals surface area contributed by atoms with E-state index >= 15 is 0 Å². The average molecular weight is 364 g/mol. The van der Waals surface area contributed by atoms with Crippen molar-refractivity contribution in [2.24, 2.45) is 0 Å². The number of hydrogen-bond acceptors (Lipinski definition) is 3. The molecular weight excluding hydrogens is 349 g/mol. The number of halogens is 3. The lowest BCUT2D eigenvalue weighted by molar-refractivity contribution is -0.137. The van der Waals surface area contributed by atoms with E-state index in [0.29, 0.717) is 5.56 Å². The molecule has 0 radical (unpaired) electrons. The molecule has 5 nitrogen and oxygen atoms in total. The van der Waals surface area contributed by atoms with Gasteiger partial charge in [-0.2, -0.15) is 13.2 Å². The molecule has 136 valence electrons. The maximum absolute atomic E-state index is 12.8. The van der Waals surface area contributed by atoms with Crippen molar-refractivity contribution in [2.45, 2.75) is 31.6 Å². The number of benzene rings is 1. The van der Waals surface area contributed by atoms with Crippen molar-refractivity contribution in [1.29, 1.82) is 0 Å². The summed E-state index contributed by atoms with van der Waals surface area (Å²) in [4.78, 5) is 29.0. The predicted molar refractivity (Wildman–Crippen MR) is 85.5 cm³/mol. The van der Waals surface area contributed by atoms with Gasteiger partial charge >= 0.3 is 12.1 Å². The molecule has 1 aromatic heterocycles. The molecule has 8 heteroatoms. The van der Waals surface area contributed by atoms with Crippen LogP contribution in [0.1, 0.15) is 44.8 Å². The minimum atomic E-state index is -4.41. The molecule has 1 aliphatic rings. The van der Waals surface area contributed by atoms with E-state index in [1.807, 2.05) is 0 Å². The molecule has 1 heterocycles. The van der Waals surface area contributed by atoms with Gasteiger partial charge in [0.25, 0.3) is 5.91 Å². The van der Waals surface area contributed by atoms with Gasteiger partial charge in [-0.3, -0.25) is 4.79 Å². The SMILES string of the molecule is O=C(O)c1cc(C(=O)N(Cc2ccc(C(F)(F)F)cc2)C2CC2)ccn1. The third-order valence-corrected chi connectivity index (χ3v) is 4.11. The molecule has 1 saturated carbocycles. The van der Waals surface area contributed by atoms with Crippen LogP contribution in [0, 0.1) is 0 Å². The second-order valence-electron chi connectivity index (χ2n) is 6.09. The zero-order chi connectivity index (χ0) is 18.9. The average Bonchev–Trinajstić information content (AvgIpc) is 3.44. The van der Waals surface area contributed by atoms with E-state index in [2.05, 4.69) is 4.98 Å². The number of alkyl halides is 3. The number of amides is 1. The van der Waals surface area contributed by atoms with E-state index in [1.165, 1.54) is 30.5 Å². The maximum Gasteiger partial charge on any atom is 0.416 e. The van der Waals surface area contributed by atoms with Crippen LogP contribution in [0.2, 0.25) is 0 Å². The molecule has 0 spiro atoms. The summed E-state index contributed by atoms with van der Waals surface area (Å²) in [6, 6.07) is 7.30. The fraction of sp³-hybridized carbons (Fsp3) is 0.278. The first-order valence-corrected chi connectivity index (χ1v) is 7.92. The molecule has 1 amide bonds. The number of hydrogen-bond donors (Lipinski definition) is 1. The zero-order valence-corrected chi connectivity index (χ0v) is 13.5. The molecule has 26 heavy (non-hydrogen) atoms. The van der Waals surface area contributed by atoms with Crippen LogP contribution >= 0.6 is 0 Å². The minimum Gasteiger partial charge on any atom is -0.477 e. The van der Waals surface area contributed by atoms with Gasteiger partial charge in [-0.05, 0) is 42.7 Å². The summed E-state index contributed by atoms with van der Waals surface area (Å²) in [7, 11) is 0. The Labute approximate surface area is 147 Å². The molecular formula is C18H15F3N2O3. The van der Waals surface area contributed by atoms with Crippen LogP contribution in [0.25, 0.3) is 0 Å². The van der Waals surface area contributed by atoms with Crippen LogP contribution < -0.4 is 0 Å². The standard InChI is InChI=1S/C18H15F3N2O3/c19-18(20,21)13-3-1-11(2-4-13)10-23(14-5-6-14)16(24)12-7-8-22-15(9-12)17(25)26/h1-4,7-9,14H,5-6,10H2,(H,25,26). The number of rotatable bonds is 5. The van der Waals surface area contributed by atoms with Crippen molar-refractivity contribution >= 4 is 11.9 Å². The number of carbonyl (C=O) groups is 2. The van der Waals surface area contributed by atoms with Crippen molar-refractivity contribution in [2.75, 3.05) is 0 Å². The van der Waals surface area contributed by atoms with Gasteiger partial charge in [0.2, 0.25) is 0 Å². The second kappa shape index (κ2) is 6.78. The Bertz CT molecular complexity index is 830. The van der Waals surface area contributed by atoms with Crippen molar-refractivity contribution < 1.29 is 27.9 Å². The molecule has 1 fully saturated rings. The summed E-state index contributed by atoms with van der Waals surface area (Å²) in [5, 5.41) is 9.00. The summed E-state index contributed by atoms with van der Waals surface area (Å²) >= 11 is 0. The largest absolute Gasteiger partial charge is 0.477 e. The Balaban J connectivity index is 1.80. The Hall–Kier alpha value is -2.90. The first-order chi connectivity index (χ1) is 12.3. The predicted octanol–water partition coefficient (Wildman–Crippen LogP) is 3.60. The molecule has 1 aromatic carbocycles. The molecule has 3 rings (SSSR count). The molecule has 1 aliphatic carbocycles. The number of aromatic nitrogens is 1. The third-order valence-electron chi connectivity index (χ3n) is 4.11. The lowest BCUT2D eigenvalue weighted by Gasteiger charge is -2.23. The molecule has 0 aliphatic heterocycles. The zero-order valence-electron chi connectivity index (χ0n) is 13.5. The number of nitrogens with zero attached hydrogens (tertiary/aromatic N) is 2. The van der Waals surface area contributed by atoms with Crippen molar-refractivity contribution in [3.8, 4) is 0 Å². The highest BCUT2D eigenvalue weighted by atomic mass is 19.4. The molecule has 0 saturated heterocycles. The van der Waals surface area contributed by atoms with Crippen molar-refractivity contribution in [3.63, 3.8) is 0 Å². The smallest absolute Gasteiger partial charge is 0.416 e. The Morgan fingerprint density at radius 3 is 2.35 bits per heavy atom. The quantitative estimate of drug-likeness (QED) is 0.880. The van der Waals surface area contributed by atoms with Crippen LogP contribution in [-0.2, 0) is 12.7 Å². The summed E-state index contributed by atoms with van der Waals surface area (Å²) in [5.41, 5.74) is -0.214.